The zero-order chi connectivity index (χ0) is 15.0. The van der Waals surface area contributed by atoms with Gasteiger partial charge in [0.1, 0.15) is 0 Å². The number of hydrogen-bond donors (Lipinski definition) is 2. The van der Waals surface area contributed by atoms with Crippen LogP contribution in [0.1, 0.15) is 38.5 Å². The minimum absolute atomic E-state index is 0.0945. The van der Waals surface area contributed by atoms with Crippen molar-refractivity contribution in [1.82, 2.24) is 4.98 Å². The van der Waals surface area contributed by atoms with Crippen molar-refractivity contribution in [3.63, 3.8) is 0 Å². The molecule has 0 bridgehead atoms. The van der Waals surface area contributed by atoms with Gasteiger partial charge in [-0.15, -0.1) is 11.3 Å². The first-order valence-corrected chi connectivity index (χ1v) is 7.97. The fourth-order valence-electron chi connectivity index (χ4n) is 2.69. The molecular formula is C16H19N3OS. The lowest BCUT2D eigenvalue weighted by atomic mass is 9.99. The Balaban J connectivity index is 1.79. The van der Waals surface area contributed by atoms with Crippen LogP contribution >= 0.6 is 11.3 Å². The Morgan fingerprint density at radius 2 is 2.24 bits per heavy atom. The molecule has 0 spiro atoms. The van der Waals surface area contributed by atoms with E-state index in [1.165, 1.54) is 4.88 Å². The van der Waals surface area contributed by atoms with E-state index in [1.54, 1.807) is 11.3 Å². The maximum Gasteiger partial charge on any atom is 0.257 e. The van der Waals surface area contributed by atoms with Gasteiger partial charge in [-0.05, 0) is 44.7 Å². The van der Waals surface area contributed by atoms with E-state index >= 15 is 0 Å². The monoisotopic (exact) mass is 301 g/mol. The minimum atomic E-state index is -0.0945. The minimum Gasteiger partial charge on any atom is -0.327 e. The van der Waals surface area contributed by atoms with Gasteiger partial charge in [-0.3, -0.25) is 10.1 Å². The summed E-state index contributed by atoms with van der Waals surface area (Å²) in [5, 5.41) is 3.60. The third kappa shape index (κ3) is 2.99. The molecular weight excluding hydrogens is 282 g/mol. The summed E-state index contributed by atoms with van der Waals surface area (Å²) in [5.41, 5.74) is 9.91. The number of benzene rings is 1. The molecule has 4 nitrogen and oxygen atoms in total. The average Bonchev–Trinajstić information content (AvgIpc) is 2.79. The maximum atomic E-state index is 12.4. The van der Waals surface area contributed by atoms with Gasteiger partial charge in [0.15, 0.2) is 5.13 Å². The molecule has 0 fully saturated rings. The highest BCUT2D eigenvalue weighted by Gasteiger charge is 2.21. The number of nitrogens with zero attached hydrogens (tertiary/aromatic N) is 1. The summed E-state index contributed by atoms with van der Waals surface area (Å²) in [4.78, 5) is 18.1. The van der Waals surface area contributed by atoms with Crippen molar-refractivity contribution in [2.24, 2.45) is 5.73 Å². The first-order chi connectivity index (χ1) is 10.0. The fraction of sp³-hybridized carbons (Fsp3) is 0.375. The molecule has 1 heterocycles. The van der Waals surface area contributed by atoms with E-state index in [-0.39, 0.29) is 11.9 Å². The summed E-state index contributed by atoms with van der Waals surface area (Å²) in [5.74, 6) is -0.0945. The Morgan fingerprint density at radius 1 is 1.43 bits per heavy atom. The SMILES string of the molecule is Cc1ccc(C(=O)Nc2nc3c(s2)C[C@@H](N)CC3)c(C)c1. The van der Waals surface area contributed by atoms with Crippen molar-refractivity contribution >= 4 is 22.4 Å². The quantitative estimate of drug-likeness (QED) is 0.896. The second-order valence-electron chi connectivity index (χ2n) is 5.66. The lowest BCUT2D eigenvalue weighted by molar-refractivity contribution is 0.102. The number of aromatic nitrogens is 1. The van der Waals surface area contributed by atoms with E-state index in [2.05, 4.69) is 10.3 Å². The standard InChI is InChI=1S/C16H19N3OS/c1-9-3-5-12(10(2)7-9)15(20)19-16-18-13-6-4-11(17)8-14(13)21-16/h3,5,7,11H,4,6,8,17H2,1-2H3,(H,18,19,20)/t11-/m0/s1. The van der Waals surface area contributed by atoms with Gasteiger partial charge in [0.05, 0.1) is 5.69 Å². The first-order valence-electron chi connectivity index (χ1n) is 7.15. The molecule has 3 rings (SSSR count). The highest BCUT2D eigenvalue weighted by molar-refractivity contribution is 7.15. The molecule has 1 aliphatic rings. The van der Waals surface area contributed by atoms with Crippen molar-refractivity contribution < 1.29 is 4.79 Å². The largest absolute Gasteiger partial charge is 0.327 e. The molecule has 1 atom stereocenters. The van der Waals surface area contributed by atoms with Crippen LogP contribution in [-0.4, -0.2) is 16.9 Å². The van der Waals surface area contributed by atoms with Crippen molar-refractivity contribution in [3.8, 4) is 0 Å². The summed E-state index contributed by atoms with van der Waals surface area (Å²) in [6.45, 7) is 3.97. The summed E-state index contributed by atoms with van der Waals surface area (Å²) in [6, 6.07) is 6.05. The van der Waals surface area contributed by atoms with Gasteiger partial charge in [0, 0.05) is 16.5 Å². The van der Waals surface area contributed by atoms with Gasteiger partial charge in [0.2, 0.25) is 0 Å². The van der Waals surface area contributed by atoms with Crippen molar-refractivity contribution in [3.05, 3.63) is 45.5 Å². The van der Waals surface area contributed by atoms with Gasteiger partial charge in [0.25, 0.3) is 5.91 Å². The number of amides is 1. The van der Waals surface area contributed by atoms with Gasteiger partial charge in [-0.1, -0.05) is 17.7 Å². The van der Waals surface area contributed by atoms with E-state index < -0.39 is 0 Å². The van der Waals surface area contributed by atoms with Crippen LogP contribution in [0, 0.1) is 13.8 Å². The summed E-state index contributed by atoms with van der Waals surface area (Å²) < 4.78 is 0. The fourth-order valence-corrected chi connectivity index (χ4v) is 3.78. The number of carbonyl (C=O) groups excluding carboxylic acids is 1. The number of thiazole rings is 1. The van der Waals surface area contributed by atoms with E-state index in [0.717, 1.165) is 36.1 Å². The molecule has 110 valence electrons. The number of fused-ring (bicyclic) bond motifs is 1. The molecule has 0 aliphatic heterocycles. The molecule has 0 saturated carbocycles. The molecule has 1 aliphatic carbocycles. The number of carbonyl (C=O) groups is 1. The summed E-state index contributed by atoms with van der Waals surface area (Å²) >= 11 is 1.55. The Hall–Kier alpha value is -1.72. The Kier molecular flexibility index (Phi) is 3.78. The lowest BCUT2D eigenvalue weighted by Gasteiger charge is -2.15. The van der Waals surface area contributed by atoms with Gasteiger partial charge in [-0.2, -0.15) is 0 Å². The van der Waals surface area contributed by atoms with Crippen molar-refractivity contribution in [2.75, 3.05) is 5.32 Å². The zero-order valence-corrected chi connectivity index (χ0v) is 13.1. The predicted octanol–water partition coefficient (Wildman–Crippen LogP) is 2.83. The number of nitrogens with two attached hydrogens (primary N) is 1. The third-order valence-corrected chi connectivity index (χ3v) is 4.86. The maximum absolute atomic E-state index is 12.4. The number of anilines is 1. The van der Waals surface area contributed by atoms with Crippen LogP contribution in [0.3, 0.4) is 0 Å². The number of rotatable bonds is 2. The molecule has 0 saturated heterocycles. The molecule has 3 N–H and O–H groups in total. The topological polar surface area (TPSA) is 68.0 Å². The molecule has 21 heavy (non-hydrogen) atoms. The Bertz CT molecular complexity index is 693. The van der Waals surface area contributed by atoms with Crippen LogP contribution < -0.4 is 11.1 Å². The van der Waals surface area contributed by atoms with Crippen molar-refractivity contribution in [1.29, 1.82) is 0 Å². The van der Waals surface area contributed by atoms with Crippen LogP contribution in [0.25, 0.3) is 0 Å². The molecule has 1 amide bonds. The third-order valence-electron chi connectivity index (χ3n) is 3.82. The van der Waals surface area contributed by atoms with Gasteiger partial charge >= 0.3 is 0 Å². The van der Waals surface area contributed by atoms with Crippen LogP contribution in [-0.2, 0) is 12.8 Å². The van der Waals surface area contributed by atoms with E-state index in [4.69, 9.17) is 5.73 Å². The number of nitrogens with one attached hydrogen (secondary N) is 1. The second kappa shape index (κ2) is 5.58. The highest BCUT2D eigenvalue weighted by atomic mass is 32.1. The molecule has 0 radical (unpaired) electrons. The van der Waals surface area contributed by atoms with Gasteiger partial charge in [-0.25, -0.2) is 4.98 Å². The van der Waals surface area contributed by atoms with E-state index in [9.17, 15) is 4.79 Å². The van der Waals surface area contributed by atoms with Crippen LogP contribution in [0.15, 0.2) is 18.2 Å². The lowest BCUT2D eigenvalue weighted by Crippen LogP contribution is -2.27. The zero-order valence-electron chi connectivity index (χ0n) is 12.3. The number of hydrogen-bond acceptors (Lipinski definition) is 4. The van der Waals surface area contributed by atoms with Crippen molar-refractivity contribution in [2.45, 2.75) is 39.2 Å². The molecule has 5 heteroatoms. The summed E-state index contributed by atoms with van der Waals surface area (Å²) in [7, 11) is 0. The first kappa shape index (κ1) is 14.2. The summed E-state index contributed by atoms with van der Waals surface area (Å²) in [6.07, 6.45) is 2.75. The average molecular weight is 301 g/mol. The van der Waals surface area contributed by atoms with Gasteiger partial charge < -0.3 is 5.73 Å². The predicted molar refractivity (Wildman–Crippen MR) is 86.0 cm³/mol. The number of aryl methyl sites for hydroxylation is 3. The van der Waals surface area contributed by atoms with Crippen LogP contribution in [0.4, 0.5) is 5.13 Å². The van der Waals surface area contributed by atoms with E-state index in [0.29, 0.717) is 10.7 Å². The molecule has 1 aromatic carbocycles. The normalized spacial score (nSPS) is 17.4. The Morgan fingerprint density at radius 3 is 3.00 bits per heavy atom. The van der Waals surface area contributed by atoms with E-state index in [1.807, 2.05) is 32.0 Å². The molecule has 0 unspecified atom stereocenters. The second-order valence-corrected chi connectivity index (χ2v) is 6.75. The van der Waals surface area contributed by atoms with Crippen LogP contribution in [0.5, 0.6) is 0 Å². The Labute approximate surface area is 128 Å². The molecule has 2 aromatic rings. The highest BCUT2D eigenvalue weighted by Crippen LogP contribution is 2.29. The van der Waals surface area contributed by atoms with Crippen LogP contribution in [0.2, 0.25) is 0 Å². The molecule has 1 aromatic heterocycles. The smallest absolute Gasteiger partial charge is 0.257 e.